The van der Waals surface area contributed by atoms with Crippen LogP contribution in [0, 0.1) is 6.92 Å². The molecule has 5 nitrogen and oxygen atoms in total. The van der Waals surface area contributed by atoms with E-state index in [2.05, 4.69) is 20.3 Å². The summed E-state index contributed by atoms with van der Waals surface area (Å²) in [6.07, 6.45) is 1.55. The first-order valence-corrected chi connectivity index (χ1v) is 3.20. The summed E-state index contributed by atoms with van der Waals surface area (Å²) in [5.74, 6) is 1.71. The zero-order valence-electron chi connectivity index (χ0n) is 6.00. The van der Waals surface area contributed by atoms with Crippen molar-refractivity contribution in [1.82, 2.24) is 15.0 Å². The zero-order valence-corrected chi connectivity index (χ0v) is 6.00. The van der Waals surface area contributed by atoms with Gasteiger partial charge in [-0.15, -0.1) is 0 Å². The Kier molecular flexibility index (Phi) is 1.06. The molecule has 0 atom stereocenters. The number of nitrogens with two attached hydrogens (primary N) is 1. The van der Waals surface area contributed by atoms with Gasteiger partial charge >= 0.3 is 5.82 Å². The molecule has 1 aliphatic rings. The Balaban J connectivity index is 2.66. The van der Waals surface area contributed by atoms with Gasteiger partial charge in [0.15, 0.2) is 5.82 Å². The molecule has 0 spiro atoms. The van der Waals surface area contributed by atoms with E-state index in [1.807, 2.05) is 0 Å². The summed E-state index contributed by atoms with van der Waals surface area (Å²) < 4.78 is 0. The number of anilines is 2. The number of hydrogen-bond donors (Lipinski definition) is 2. The molecule has 3 N–H and O–H groups in total. The minimum Gasteiger partial charge on any atom is -0.380 e. The highest BCUT2D eigenvalue weighted by molar-refractivity contribution is 5.92. The molecule has 5 heteroatoms. The molecular formula is C6H7N5+. The summed E-state index contributed by atoms with van der Waals surface area (Å²) in [7, 11) is 0. The van der Waals surface area contributed by atoms with Gasteiger partial charge in [-0.1, -0.05) is 9.98 Å². The summed E-state index contributed by atoms with van der Waals surface area (Å²) in [5.41, 5.74) is 6.28. The largest absolute Gasteiger partial charge is 0.380 e. The first-order valence-electron chi connectivity index (χ1n) is 3.20. The van der Waals surface area contributed by atoms with E-state index >= 15 is 0 Å². The van der Waals surface area contributed by atoms with E-state index < -0.39 is 0 Å². The Labute approximate surface area is 63.4 Å². The van der Waals surface area contributed by atoms with Crippen molar-refractivity contribution in [3.05, 3.63) is 5.82 Å². The number of nitrogens with zero attached hydrogens (tertiary/aromatic N) is 3. The summed E-state index contributed by atoms with van der Waals surface area (Å²) in [6.45, 7) is 1.78. The fourth-order valence-corrected chi connectivity index (χ4v) is 0.969. The molecule has 1 aliphatic heterocycles. The monoisotopic (exact) mass is 149 g/mol. The predicted octanol–water partition coefficient (Wildman–Crippen LogP) is -0.212. The second-order valence-corrected chi connectivity index (χ2v) is 2.26. The Bertz CT molecular complexity index is 330. The lowest BCUT2D eigenvalue weighted by Crippen LogP contribution is -2.00. The molecule has 2 rings (SSSR count). The van der Waals surface area contributed by atoms with Crippen LogP contribution >= 0.6 is 0 Å². The van der Waals surface area contributed by atoms with Gasteiger partial charge in [-0.05, 0) is 0 Å². The van der Waals surface area contributed by atoms with Crippen LogP contribution in [0.15, 0.2) is 0 Å². The van der Waals surface area contributed by atoms with Crippen LogP contribution in [0.1, 0.15) is 5.82 Å². The number of aliphatic imine (C=N–C) groups is 1. The molecule has 55 valence electrons. The number of aryl methyl sites for hydroxylation is 1. The van der Waals surface area contributed by atoms with Crippen molar-refractivity contribution < 1.29 is 0 Å². The van der Waals surface area contributed by atoms with E-state index in [4.69, 9.17) is 5.73 Å². The highest BCUT2D eigenvalue weighted by Gasteiger charge is 2.21. The quantitative estimate of drug-likeness (QED) is 0.535. The molecule has 1 aromatic heterocycles. The van der Waals surface area contributed by atoms with E-state index in [1.54, 1.807) is 13.3 Å². The number of nitrogens with one attached hydrogen (secondary N) is 1. The van der Waals surface area contributed by atoms with Gasteiger partial charge in [-0.2, -0.15) is 4.98 Å². The van der Waals surface area contributed by atoms with Gasteiger partial charge in [-0.25, -0.2) is 0 Å². The summed E-state index contributed by atoms with van der Waals surface area (Å²) in [5, 5.41) is 2.85. The zero-order chi connectivity index (χ0) is 7.84. The van der Waals surface area contributed by atoms with Gasteiger partial charge in [0.05, 0.1) is 0 Å². The molecule has 0 unspecified atom stereocenters. The number of hydrogen-bond acceptors (Lipinski definition) is 5. The minimum atomic E-state index is 0.449. The Hall–Kier alpha value is -1.65. The van der Waals surface area contributed by atoms with Crippen LogP contribution in [0.5, 0.6) is 0 Å². The Morgan fingerprint density at radius 3 is 3.18 bits per heavy atom. The van der Waals surface area contributed by atoms with Crippen molar-refractivity contribution in [2.24, 2.45) is 0 Å². The average Bonchev–Trinajstić information content (AvgIpc) is 2.34. The molecule has 0 saturated carbocycles. The molecule has 0 bridgehead atoms. The lowest BCUT2D eigenvalue weighted by molar-refractivity contribution is 1.05. The standard InChI is InChI=1S/C6H7N5/c1-3-10-5(7)4-6(11-3)9-2-8-4/h2,8H,1H3,(H2,7,10,11)/q+1. The highest BCUT2D eigenvalue weighted by atomic mass is 15.1. The topological polar surface area (TPSA) is 77.9 Å². The van der Waals surface area contributed by atoms with Crippen LogP contribution < -0.4 is 16.0 Å². The fraction of sp³-hybridized carbons (Fsp3) is 0.167. The van der Waals surface area contributed by atoms with E-state index in [1.165, 1.54) is 0 Å². The summed E-state index contributed by atoms with van der Waals surface area (Å²) in [4.78, 5) is 12.0. The van der Waals surface area contributed by atoms with Gasteiger partial charge in [0.25, 0.3) is 0 Å². The Morgan fingerprint density at radius 2 is 2.36 bits per heavy atom. The smallest absolute Gasteiger partial charge is 0.341 e. The maximum atomic E-state index is 5.58. The molecule has 0 saturated heterocycles. The predicted molar refractivity (Wildman–Crippen MR) is 42.7 cm³/mol. The molecule has 11 heavy (non-hydrogen) atoms. The van der Waals surface area contributed by atoms with Gasteiger partial charge in [0.1, 0.15) is 0 Å². The highest BCUT2D eigenvalue weighted by Crippen LogP contribution is 2.25. The van der Waals surface area contributed by atoms with Gasteiger partial charge in [0, 0.05) is 6.92 Å². The van der Waals surface area contributed by atoms with Gasteiger partial charge in [-0.3, -0.25) is 5.32 Å². The third-order valence-electron chi connectivity index (χ3n) is 1.43. The maximum absolute atomic E-state index is 5.58. The molecule has 1 aromatic rings. The Morgan fingerprint density at radius 1 is 1.55 bits per heavy atom. The van der Waals surface area contributed by atoms with Crippen LogP contribution in [0.25, 0.3) is 0 Å². The fourth-order valence-electron chi connectivity index (χ4n) is 0.969. The van der Waals surface area contributed by atoms with E-state index in [0.29, 0.717) is 23.1 Å². The molecule has 0 fully saturated rings. The number of nitrogen functional groups attached to an aromatic ring is 1. The van der Waals surface area contributed by atoms with Crippen molar-refractivity contribution in [2.75, 3.05) is 11.1 Å². The van der Waals surface area contributed by atoms with Gasteiger partial charge < -0.3 is 5.73 Å². The SMILES string of the molecule is Cc1nc(N)c2c(n1)[N+]=CN2. The van der Waals surface area contributed by atoms with Crippen LogP contribution in [-0.4, -0.2) is 16.3 Å². The van der Waals surface area contributed by atoms with Crippen LogP contribution in [0.3, 0.4) is 0 Å². The van der Waals surface area contributed by atoms with Gasteiger partial charge in [0.2, 0.25) is 17.9 Å². The van der Waals surface area contributed by atoms with Crippen molar-refractivity contribution >= 4 is 23.7 Å². The summed E-state index contributed by atoms with van der Waals surface area (Å²) in [6, 6.07) is 0. The first-order chi connectivity index (χ1) is 5.27. The van der Waals surface area contributed by atoms with Crippen molar-refractivity contribution in [1.29, 1.82) is 0 Å². The van der Waals surface area contributed by atoms with Crippen LogP contribution in [0.2, 0.25) is 0 Å². The van der Waals surface area contributed by atoms with E-state index in [-0.39, 0.29) is 0 Å². The van der Waals surface area contributed by atoms with Crippen molar-refractivity contribution in [2.45, 2.75) is 6.92 Å². The van der Waals surface area contributed by atoms with Crippen molar-refractivity contribution in [3.63, 3.8) is 0 Å². The molecule has 0 aliphatic carbocycles. The average molecular weight is 149 g/mol. The third kappa shape index (κ3) is 0.813. The summed E-state index contributed by atoms with van der Waals surface area (Å²) >= 11 is 0. The minimum absolute atomic E-state index is 0.449. The van der Waals surface area contributed by atoms with E-state index in [9.17, 15) is 0 Å². The normalized spacial score (nSPS) is 12.8. The molecular weight excluding hydrogens is 142 g/mol. The second-order valence-electron chi connectivity index (χ2n) is 2.26. The first kappa shape index (κ1) is 6.09. The molecule has 1 radical (unpaired) electrons. The second kappa shape index (κ2) is 1.91. The lowest BCUT2D eigenvalue weighted by Gasteiger charge is -1.94. The van der Waals surface area contributed by atoms with Crippen LogP contribution in [0.4, 0.5) is 17.3 Å². The molecule has 0 amide bonds. The molecule has 0 aromatic carbocycles. The lowest BCUT2D eigenvalue weighted by atomic mass is 10.4. The number of fused-ring (bicyclic) bond motifs is 1. The van der Waals surface area contributed by atoms with Crippen molar-refractivity contribution in [3.8, 4) is 0 Å². The van der Waals surface area contributed by atoms with E-state index in [0.717, 1.165) is 0 Å². The molecule has 2 heterocycles. The maximum Gasteiger partial charge on any atom is 0.341 e. The number of aromatic nitrogens is 2. The van der Waals surface area contributed by atoms with Crippen LogP contribution in [-0.2, 0) is 0 Å². The third-order valence-corrected chi connectivity index (χ3v) is 1.43. The number of rotatable bonds is 0.